The van der Waals surface area contributed by atoms with Crippen LogP contribution >= 0.6 is 11.6 Å². The molecule has 0 bridgehead atoms. The second-order valence-electron chi connectivity index (χ2n) is 5.68. The molecular weight excluding hydrogens is 318 g/mol. The number of nitrogens with zero attached hydrogens (tertiary/aromatic N) is 1. The molecule has 2 amide bonds. The van der Waals surface area contributed by atoms with E-state index in [4.69, 9.17) is 16.3 Å². The summed E-state index contributed by atoms with van der Waals surface area (Å²) in [4.78, 5) is 37.0. The molecule has 23 heavy (non-hydrogen) atoms. The van der Waals surface area contributed by atoms with Gasteiger partial charge >= 0.3 is 0 Å². The van der Waals surface area contributed by atoms with Crippen LogP contribution in [0.2, 0.25) is 5.02 Å². The van der Waals surface area contributed by atoms with Gasteiger partial charge in [-0.05, 0) is 44.7 Å². The molecule has 1 heterocycles. The van der Waals surface area contributed by atoms with Crippen molar-refractivity contribution in [1.29, 1.82) is 0 Å². The molecule has 0 spiro atoms. The Morgan fingerprint density at radius 2 is 1.78 bits per heavy atom. The summed E-state index contributed by atoms with van der Waals surface area (Å²) >= 11 is 6.06. The van der Waals surface area contributed by atoms with Gasteiger partial charge in [0, 0.05) is 17.2 Å². The van der Waals surface area contributed by atoms with Crippen molar-refractivity contribution in [3.8, 4) is 5.75 Å². The van der Waals surface area contributed by atoms with Crippen LogP contribution < -0.4 is 9.64 Å². The Hall–Kier alpha value is -2.14. The van der Waals surface area contributed by atoms with Gasteiger partial charge in [-0.1, -0.05) is 11.6 Å². The molecule has 2 aliphatic rings. The predicted octanol–water partition coefficient (Wildman–Crippen LogP) is 3.05. The van der Waals surface area contributed by atoms with Crippen LogP contribution in [0.4, 0.5) is 5.69 Å². The Labute approximate surface area is 138 Å². The Morgan fingerprint density at radius 1 is 1.17 bits per heavy atom. The SMILES string of the molecule is CC(C=O)Oc1cc(N2C(=O)C3=C(CCCC3)C2=O)ccc1Cl. The molecule has 6 heteroatoms. The van der Waals surface area contributed by atoms with Gasteiger partial charge in [-0.2, -0.15) is 0 Å². The van der Waals surface area contributed by atoms with E-state index >= 15 is 0 Å². The smallest absolute Gasteiger partial charge is 0.261 e. The van der Waals surface area contributed by atoms with E-state index < -0.39 is 6.10 Å². The summed E-state index contributed by atoms with van der Waals surface area (Å²) < 4.78 is 5.42. The average molecular weight is 334 g/mol. The maximum absolute atomic E-state index is 12.5. The van der Waals surface area contributed by atoms with Gasteiger partial charge in [0.1, 0.15) is 5.75 Å². The third-order valence-corrected chi connectivity index (χ3v) is 4.38. The van der Waals surface area contributed by atoms with E-state index in [0.717, 1.165) is 12.8 Å². The van der Waals surface area contributed by atoms with Crippen LogP contribution in [0.1, 0.15) is 32.6 Å². The van der Waals surface area contributed by atoms with Crippen molar-refractivity contribution in [3.63, 3.8) is 0 Å². The minimum absolute atomic E-state index is 0.263. The van der Waals surface area contributed by atoms with Crippen molar-refractivity contribution in [1.82, 2.24) is 0 Å². The largest absolute Gasteiger partial charge is 0.482 e. The second-order valence-corrected chi connectivity index (χ2v) is 6.09. The fraction of sp³-hybridized carbons (Fsp3) is 0.353. The summed E-state index contributed by atoms with van der Waals surface area (Å²) in [5.74, 6) is -0.253. The highest BCUT2D eigenvalue weighted by Crippen LogP contribution is 2.38. The minimum atomic E-state index is -0.668. The third kappa shape index (κ3) is 2.77. The quantitative estimate of drug-likeness (QED) is 0.627. The Morgan fingerprint density at radius 3 is 2.35 bits per heavy atom. The number of halogens is 1. The Bertz CT molecular complexity index is 697. The zero-order chi connectivity index (χ0) is 16.6. The molecule has 1 aliphatic carbocycles. The first-order chi connectivity index (χ1) is 11.0. The molecule has 120 valence electrons. The molecule has 1 aliphatic heterocycles. The van der Waals surface area contributed by atoms with E-state index in [1.54, 1.807) is 19.1 Å². The van der Waals surface area contributed by atoms with E-state index in [2.05, 4.69) is 0 Å². The number of imide groups is 1. The molecule has 1 unspecified atom stereocenters. The molecule has 0 aromatic heterocycles. The minimum Gasteiger partial charge on any atom is -0.482 e. The summed E-state index contributed by atoms with van der Waals surface area (Å²) in [6, 6.07) is 4.69. The molecule has 0 radical (unpaired) electrons. The van der Waals surface area contributed by atoms with Crippen LogP contribution in [0, 0.1) is 0 Å². The van der Waals surface area contributed by atoms with Crippen molar-refractivity contribution in [2.45, 2.75) is 38.7 Å². The first-order valence-electron chi connectivity index (χ1n) is 7.55. The highest BCUT2D eigenvalue weighted by molar-refractivity contribution is 6.34. The van der Waals surface area contributed by atoms with Crippen molar-refractivity contribution < 1.29 is 19.1 Å². The highest BCUT2D eigenvalue weighted by atomic mass is 35.5. The molecule has 0 saturated carbocycles. The van der Waals surface area contributed by atoms with Crippen LogP contribution in [0.3, 0.4) is 0 Å². The molecule has 5 nitrogen and oxygen atoms in total. The van der Waals surface area contributed by atoms with E-state index in [9.17, 15) is 14.4 Å². The number of anilines is 1. The lowest BCUT2D eigenvalue weighted by atomic mass is 9.93. The van der Waals surface area contributed by atoms with E-state index in [1.807, 2.05) is 0 Å². The molecule has 3 rings (SSSR count). The highest BCUT2D eigenvalue weighted by Gasteiger charge is 2.39. The number of aldehydes is 1. The summed E-state index contributed by atoms with van der Waals surface area (Å²) in [5, 5.41) is 0.319. The van der Waals surface area contributed by atoms with Gasteiger partial charge in [0.15, 0.2) is 12.4 Å². The molecule has 0 saturated heterocycles. The van der Waals surface area contributed by atoms with E-state index in [1.165, 1.54) is 11.0 Å². The predicted molar refractivity (Wildman–Crippen MR) is 85.6 cm³/mol. The van der Waals surface area contributed by atoms with Crippen molar-refractivity contribution in [3.05, 3.63) is 34.4 Å². The standard InChI is InChI=1S/C17H16ClNO4/c1-10(9-20)23-15-8-11(6-7-14(15)18)19-16(21)12-4-2-3-5-13(12)17(19)22/h6-10H,2-5H2,1H3. The number of ether oxygens (including phenoxy) is 1. The number of hydrogen-bond donors (Lipinski definition) is 0. The number of hydrogen-bond acceptors (Lipinski definition) is 4. The van der Waals surface area contributed by atoms with Crippen LogP contribution in [0.5, 0.6) is 5.75 Å². The number of benzene rings is 1. The maximum Gasteiger partial charge on any atom is 0.261 e. The third-order valence-electron chi connectivity index (χ3n) is 4.07. The normalized spacial score (nSPS) is 19.0. The average Bonchev–Trinajstić information content (AvgIpc) is 2.81. The lowest BCUT2D eigenvalue weighted by Gasteiger charge is -2.18. The molecule has 1 aromatic carbocycles. The van der Waals surface area contributed by atoms with Crippen molar-refractivity contribution >= 4 is 35.4 Å². The molecule has 1 aromatic rings. The van der Waals surface area contributed by atoms with Crippen LogP contribution in [-0.2, 0) is 14.4 Å². The lowest BCUT2D eigenvalue weighted by Crippen LogP contribution is -2.31. The van der Waals surface area contributed by atoms with Crippen molar-refractivity contribution in [2.24, 2.45) is 0 Å². The van der Waals surface area contributed by atoms with Crippen LogP contribution in [-0.4, -0.2) is 24.2 Å². The summed E-state index contributed by atoms with van der Waals surface area (Å²) in [6.07, 6.45) is 3.13. The van der Waals surface area contributed by atoms with Gasteiger partial charge in [-0.25, -0.2) is 4.90 Å². The van der Waals surface area contributed by atoms with Gasteiger partial charge in [0.2, 0.25) is 0 Å². The van der Waals surface area contributed by atoms with Gasteiger partial charge in [-0.3, -0.25) is 14.4 Å². The summed E-state index contributed by atoms with van der Waals surface area (Å²) in [5.41, 5.74) is 1.66. The second kappa shape index (κ2) is 6.16. The zero-order valence-electron chi connectivity index (χ0n) is 12.7. The first-order valence-corrected chi connectivity index (χ1v) is 7.93. The van der Waals surface area contributed by atoms with Gasteiger partial charge in [0.05, 0.1) is 10.7 Å². The van der Waals surface area contributed by atoms with E-state index in [0.29, 0.717) is 41.0 Å². The molecule has 0 N–H and O–H groups in total. The van der Waals surface area contributed by atoms with Crippen molar-refractivity contribution in [2.75, 3.05) is 4.90 Å². The monoisotopic (exact) mass is 333 g/mol. The fourth-order valence-electron chi connectivity index (χ4n) is 2.92. The lowest BCUT2D eigenvalue weighted by molar-refractivity contribution is -0.120. The number of rotatable bonds is 4. The molecular formula is C17H16ClNO4. The first kappa shape index (κ1) is 15.7. The van der Waals surface area contributed by atoms with Gasteiger partial charge < -0.3 is 4.74 Å². The van der Waals surface area contributed by atoms with Gasteiger partial charge in [-0.15, -0.1) is 0 Å². The summed E-state index contributed by atoms with van der Waals surface area (Å²) in [6.45, 7) is 1.59. The number of amides is 2. The van der Waals surface area contributed by atoms with E-state index in [-0.39, 0.29) is 17.6 Å². The van der Waals surface area contributed by atoms with Gasteiger partial charge in [0.25, 0.3) is 11.8 Å². The Kier molecular flexibility index (Phi) is 4.22. The summed E-state index contributed by atoms with van der Waals surface area (Å²) in [7, 11) is 0. The maximum atomic E-state index is 12.5. The zero-order valence-corrected chi connectivity index (χ0v) is 13.4. The number of carbonyl (C=O) groups excluding carboxylic acids is 3. The molecule has 0 fully saturated rings. The van der Waals surface area contributed by atoms with Crippen LogP contribution in [0.15, 0.2) is 29.3 Å². The Balaban J connectivity index is 1.94. The van der Waals surface area contributed by atoms with Crippen LogP contribution in [0.25, 0.3) is 0 Å². The number of carbonyl (C=O) groups is 3. The fourth-order valence-corrected chi connectivity index (χ4v) is 3.09. The topological polar surface area (TPSA) is 63.7 Å². The molecule has 1 atom stereocenters.